The average Bonchev–Trinajstić information content (AvgIpc) is 2.71. The predicted molar refractivity (Wildman–Crippen MR) is 66.3 cm³/mol. The number of hydrogen-bond acceptors (Lipinski definition) is 2. The van der Waals surface area contributed by atoms with Crippen LogP contribution < -0.4 is 0 Å². The number of halogens is 3. The molecule has 0 N–H and O–H groups in total. The Morgan fingerprint density at radius 1 is 1.39 bits per heavy atom. The van der Waals surface area contributed by atoms with Crippen molar-refractivity contribution in [3.8, 4) is 5.69 Å². The number of aldehydes is 1. The standard InChI is InChI=1S/C12H9BrF2N2O/c1-7-4-10(12(14)15)16-17(7)11-5-9(13)3-2-8(11)6-18/h2-6,12H,1H3. The van der Waals surface area contributed by atoms with E-state index in [2.05, 4.69) is 21.0 Å². The highest BCUT2D eigenvalue weighted by molar-refractivity contribution is 9.10. The topological polar surface area (TPSA) is 34.9 Å². The summed E-state index contributed by atoms with van der Waals surface area (Å²) in [6.45, 7) is 1.66. The maximum atomic E-state index is 12.6. The van der Waals surface area contributed by atoms with Gasteiger partial charge in [-0.05, 0) is 31.2 Å². The van der Waals surface area contributed by atoms with Crippen LogP contribution in [0.1, 0.15) is 28.2 Å². The van der Waals surface area contributed by atoms with Crippen molar-refractivity contribution in [1.29, 1.82) is 0 Å². The van der Waals surface area contributed by atoms with Crippen molar-refractivity contribution in [2.45, 2.75) is 13.3 Å². The lowest BCUT2D eigenvalue weighted by molar-refractivity contribution is 0.112. The molecule has 0 aliphatic rings. The lowest BCUT2D eigenvalue weighted by Gasteiger charge is -2.07. The van der Waals surface area contributed by atoms with Gasteiger partial charge in [-0.3, -0.25) is 4.79 Å². The highest BCUT2D eigenvalue weighted by atomic mass is 79.9. The minimum atomic E-state index is -2.63. The molecule has 0 fully saturated rings. The Morgan fingerprint density at radius 3 is 2.67 bits per heavy atom. The monoisotopic (exact) mass is 314 g/mol. The molecule has 2 rings (SSSR count). The number of carbonyl (C=O) groups is 1. The van der Waals surface area contributed by atoms with E-state index in [1.807, 2.05) is 0 Å². The fourth-order valence-corrected chi connectivity index (χ4v) is 2.00. The van der Waals surface area contributed by atoms with E-state index in [0.29, 0.717) is 23.2 Å². The van der Waals surface area contributed by atoms with Crippen LogP contribution in [0, 0.1) is 6.92 Å². The molecule has 0 atom stereocenters. The van der Waals surface area contributed by atoms with E-state index in [4.69, 9.17) is 0 Å². The molecule has 2 aromatic rings. The van der Waals surface area contributed by atoms with E-state index in [1.165, 1.54) is 10.7 Å². The number of aromatic nitrogens is 2. The van der Waals surface area contributed by atoms with Gasteiger partial charge in [0, 0.05) is 15.7 Å². The van der Waals surface area contributed by atoms with Crippen LogP contribution in [0.15, 0.2) is 28.7 Å². The largest absolute Gasteiger partial charge is 0.298 e. The van der Waals surface area contributed by atoms with E-state index in [0.717, 1.165) is 4.47 Å². The van der Waals surface area contributed by atoms with Crippen LogP contribution in [0.5, 0.6) is 0 Å². The summed E-state index contributed by atoms with van der Waals surface area (Å²) in [5.41, 5.74) is 1.12. The summed E-state index contributed by atoms with van der Waals surface area (Å²) < 4.78 is 27.3. The van der Waals surface area contributed by atoms with Gasteiger partial charge in [-0.25, -0.2) is 13.5 Å². The maximum Gasteiger partial charge on any atom is 0.282 e. The molecule has 3 nitrogen and oxygen atoms in total. The molecule has 1 heterocycles. The molecule has 0 saturated carbocycles. The third-order valence-corrected chi connectivity index (χ3v) is 2.97. The normalized spacial score (nSPS) is 10.9. The van der Waals surface area contributed by atoms with Gasteiger partial charge in [-0.15, -0.1) is 0 Å². The van der Waals surface area contributed by atoms with Crippen LogP contribution in [0.3, 0.4) is 0 Å². The first kappa shape index (κ1) is 12.9. The Bertz CT molecular complexity index is 596. The third-order valence-electron chi connectivity index (χ3n) is 2.48. The molecule has 0 spiro atoms. The highest BCUT2D eigenvalue weighted by Crippen LogP contribution is 2.24. The molecule has 0 aliphatic carbocycles. The summed E-state index contributed by atoms with van der Waals surface area (Å²) in [6, 6.07) is 6.29. The maximum absolute atomic E-state index is 12.6. The molecule has 0 radical (unpaired) electrons. The average molecular weight is 315 g/mol. The van der Waals surface area contributed by atoms with Crippen molar-refractivity contribution in [1.82, 2.24) is 9.78 Å². The number of nitrogens with zero attached hydrogens (tertiary/aromatic N) is 2. The molecule has 0 bridgehead atoms. The first-order chi connectivity index (χ1) is 8.52. The lowest BCUT2D eigenvalue weighted by Crippen LogP contribution is -2.03. The van der Waals surface area contributed by atoms with Crippen LogP contribution >= 0.6 is 15.9 Å². The second-order valence-corrected chi connectivity index (χ2v) is 4.66. The van der Waals surface area contributed by atoms with Crippen LogP contribution in [0.25, 0.3) is 5.69 Å². The number of aryl methyl sites for hydroxylation is 1. The molecule has 1 aromatic carbocycles. The molecule has 94 valence electrons. The van der Waals surface area contributed by atoms with Crippen LogP contribution in [0.2, 0.25) is 0 Å². The quantitative estimate of drug-likeness (QED) is 0.810. The van der Waals surface area contributed by atoms with Gasteiger partial charge < -0.3 is 0 Å². The van der Waals surface area contributed by atoms with E-state index >= 15 is 0 Å². The zero-order chi connectivity index (χ0) is 13.3. The number of benzene rings is 1. The van der Waals surface area contributed by atoms with Crippen LogP contribution in [-0.4, -0.2) is 16.1 Å². The van der Waals surface area contributed by atoms with Gasteiger partial charge in [-0.2, -0.15) is 5.10 Å². The molecular formula is C12H9BrF2N2O. The SMILES string of the molecule is Cc1cc(C(F)F)nn1-c1cc(Br)ccc1C=O. The summed E-state index contributed by atoms with van der Waals surface area (Å²) >= 11 is 3.28. The zero-order valence-corrected chi connectivity index (χ0v) is 11.0. The first-order valence-electron chi connectivity index (χ1n) is 5.12. The highest BCUT2D eigenvalue weighted by Gasteiger charge is 2.16. The lowest BCUT2D eigenvalue weighted by atomic mass is 10.2. The number of rotatable bonds is 3. The molecule has 0 aliphatic heterocycles. The van der Waals surface area contributed by atoms with Crippen molar-refractivity contribution < 1.29 is 13.6 Å². The Kier molecular flexibility index (Phi) is 3.56. The summed E-state index contributed by atoms with van der Waals surface area (Å²) in [5, 5.41) is 3.82. The van der Waals surface area contributed by atoms with Gasteiger partial charge in [0.1, 0.15) is 5.69 Å². The molecule has 0 saturated heterocycles. The van der Waals surface area contributed by atoms with Gasteiger partial charge in [0.05, 0.1) is 5.69 Å². The second-order valence-electron chi connectivity index (χ2n) is 3.74. The van der Waals surface area contributed by atoms with Gasteiger partial charge in [-0.1, -0.05) is 15.9 Å². The molecule has 18 heavy (non-hydrogen) atoms. The Balaban J connectivity index is 2.60. The first-order valence-corrected chi connectivity index (χ1v) is 5.92. The molecule has 1 aromatic heterocycles. The fraction of sp³-hybridized carbons (Fsp3) is 0.167. The summed E-state index contributed by atoms with van der Waals surface area (Å²) in [5.74, 6) is 0. The fourth-order valence-electron chi connectivity index (χ4n) is 1.65. The van der Waals surface area contributed by atoms with Crippen molar-refractivity contribution in [3.05, 3.63) is 45.7 Å². The van der Waals surface area contributed by atoms with Crippen molar-refractivity contribution in [3.63, 3.8) is 0 Å². The van der Waals surface area contributed by atoms with Gasteiger partial charge >= 0.3 is 0 Å². The molecule has 6 heteroatoms. The Hall–Kier alpha value is -1.56. The number of hydrogen-bond donors (Lipinski definition) is 0. The minimum Gasteiger partial charge on any atom is -0.298 e. The van der Waals surface area contributed by atoms with Gasteiger partial charge in [0.15, 0.2) is 6.29 Å². The third kappa shape index (κ3) is 2.33. The Morgan fingerprint density at radius 2 is 2.11 bits per heavy atom. The van der Waals surface area contributed by atoms with Crippen molar-refractivity contribution in [2.75, 3.05) is 0 Å². The van der Waals surface area contributed by atoms with Crippen LogP contribution in [-0.2, 0) is 0 Å². The number of alkyl halides is 2. The van der Waals surface area contributed by atoms with Crippen molar-refractivity contribution in [2.24, 2.45) is 0 Å². The van der Waals surface area contributed by atoms with Crippen molar-refractivity contribution >= 4 is 22.2 Å². The minimum absolute atomic E-state index is 0.302. The summed E-state index contributed by atoms with van der Waals surface area (Å²) in [4.78, 5) is 11.0. The molecule has 0 unspecified atom stereocenters. The summed E-state index contributed by atoms with van der Waals surface area (Å²) in [7, 11) is 0. The van der Waals surface area contributed by atoms with Gasteiger partial charge in [0.25, 0.3) is 6.43 Å². The predicted octanol–water partition coefficient (Wildman–Crippen LogP) is 3.69. The molecular weight excluding hydrogens is 306 g/mol. The van der Waals surface area contributed by atoms with E-state index in [-0.39, 0.29) is 5.69 Å². The van der Waals surface area contributed by atoms with E-state index < -0.39 is 6.43 Å². The molecule has 0 amide bonds. The number of carbonyl (C=O) groups excluding carboxylic acids is 1. The smallest absolute Gasteiger partial charge is 0.282 e. The van der Waals surface area contributed by atoms with E-state index in [9.17, 15) is 13.6 Å². The van der Waals surface area contributed by atoms with Crippen LogP contribution in [0.4, 0.5) is 8.78 Å². The second kappa shape index (κ2) is 4.97. The van der Waals surface area contributed by atoms with Gasteiger partial charge in [0.2, 0.25) is 0 Å². The zero-order valence-electron chi connectivity index (χ0n) is 9.40. The van der Waals surface area contributed by atoms with E-state index in [1.54, 1.807) is 25.1 Å². The summed E-state index contributed by atoms with van der Waals surface area (Å²) in [6.07, 6.45) is -1.96. The Labute approximate surface area is 111 Å².